The molecule has 11 heteroatoms. The lowest BCUT2D eigenvalue weighted by atomic mass is 10.0. The summed E-state index contributed by atoms with van der Waals surface area (Å²) in [5.41, 5.74) is 2.60. The number of nitrogens with one attached hydrogen (secondary N) is 2. The van der Waals surface area contributed by atoms with Gasteiger partial charge in [-0.25, -0.2) is 9.59 Å². The third kappa shape index (κ3) is 10.1. The number of rotatable bonds is 9. The van der Waals surface area contributed by atoms with Crippen LogP contribution in [-0.2, 0) is 11.3 Å². The van der Waals surface area contributed by atoms with Crippen molar-refractivity contribution in [1.82, 2.24) is 9.80 Å². The molecule has 0 unspecified atom stereocenters. The second kappa shape index (κ2) is 18.0. The summed E-state index contributed by atoms with van der Waals surface area (Å²) in [5, 5.41) is 27.3. The van der Waals surface area contributed by atoms with Crippen molar-refractivity contribution in [2.75, 3.05) is 44.0 Å². The summed E-state index contributed by atoms with van der Waals surface area (Å²) in [6.07, 6.45) is 2.06. The van der Waals surface area contributed by atoms with Gasteiger partial charge in [-0.05, 0) is 87.5 Å². The van der Waals surface area contributed by atoms with Crippen LogP contribution in [0.2, 0.25) is 0 Å². The van der Waals surface area contributed by atoms with Crippen LogP contribution in [0.25, 0.3) is 10.8 Å². The minimum absolute atomic E-state index is 0.117. The van der Waals surface area contributed by atoms with Crippen molar-refractivity contribution < 1.29 is 34.1 Å². The van der Waals surface area contributed by atoms with Crippen LogP contribution in [0.15, 0.2) is 84.9 Å². The summed E-state index contributed by atoms with van der Waals surface area (Å²) in [5.74, 6) is -0.986. The number of carboxylic acids is 1. The quantitative estimate of drug-likeness (QED) is 0.144. The molecule has 0 aromatic heterocycles. The predicted molar refractivity (Wildman–Crippen MR) is 203 cm³/mol. The number of aliphatic hydroxyl groups is 1. The van der Waals surface area contributed by atoms with Gasteiger partial charge in [0.1, 0.15) is 5.75 Å². The van der Waals surface area contributed by atoms with E-state index in [2.05, 4.69) is 15.5 Å². The molecule has 1 aliphatic rings. The van der Waals surface area contributed by atoms with Crippen molar-refractivity contribution in [2.24, 2.45) is 5.92 Å². The molecule has 1 heterocycles. The van der Waals surface area contributed by atoms with Crippen LogP contribution in [0.5, 0.6) is 5.75 Å². The third-order valence-electron chi connectivity index (χ3n) is 9.49. The molecular weight excluding hydrogens is 660 g/mol. The number of benzene rings is 4. The van der Waals surface area contributed by atoms with E-state index in [0.717, 1.165) is 35.6 Å². The molecule has 0 fully saturated rings. The number of anilines is 2. The lowest BCUT2D eigenvalue weighted by Crippen LogP contribution is -2.47. The number of ether oxygens (including phenoxy) is 2. The highest BCUT2D eigenvalue weighted by Gasteiger charge is 2.30. The molecule has 0 radical (unpaired) electrons. The van der Waals surface area contributed by atoms with Crippen LogP contribution in [0.4, 0.5) is 16.2 Å². The molecule has 4 aromatic rings. The van der Waals surface area contributed by atoms with Crippen LogP contribution >= 0.6 is 0 Å². The van der Waals surface area contributed by atoms with Crippen molar-refractivity contribution >= 4 is 40.1 Å². The van der Waals surface area contributed by atoms with Gasteiger partial charge >= 0.3 is 12.0 Å². The Balaban J connectivity index is 1.37. The van der Waals surface area contributed by atoms with Gasteiger partial charge < -0.3 is 35.2 Å². The van der Waals surface area contributed by atoms with Gasteiger partial charge in [0.25, 0.3) is 5.91 Å². The maximum atomic E-state index is 14.5. The Labute approximate surface area is 305 Å². The van der Waals surface area contributed by atoms with Crippen LogP contribution in [0, 0.1) is 5.92 Å². The van der Waals surface area contributed by atoms with Gasteiger partial charge in [-0.15, -0.1) is 0 Å². The second-order valence-electron chi connectivity index (χ2n) is 13.8. The van der Waals surface area contributed by atoms with E-state index >= 15 is 0 Å². The van der Waals surface area contributed by atoms with Gasteiger partial charge in [0.2, 0.25) is 0 Å². The van der Waals surface area contributed by atoms with Gasteiger partial charge in [-0.2, -0.15) is 0 Å². The summed E-state index contributed by atoms with van der Waals surface area (Å²) >= 11 is 0. The van der Waals surface area contributed by atoms with Gasteiger partial charge in [-0.1, -0.05) is 55.5 Å². The van der Waals surface area contributed by atoms with Crippen LogP contribution in [0.3, 0.4) is 0 Å². The van der Waals surface area contributed by atoms with E-state index in [1.165, 1.54) is 0 Å². The van der Waals surface area contributed by atoms with E-state index in [0.29, 0.717) is 48.9 Å². The highest BCUT2D eigenvalue weighted by Crippen LogP contribution is 2.29. The first-order chi connectivity index (χ1) is 25.0. The lowest BCUT2D eigenvalue weighted by Gasteiger charge is -2.36. The molecule has 4 aromatic carbocycles. The fraction of sp³-hybridized carbons (Fsp3) is 0.390. The Morgan fingerprint density at radius 2 is 1.73 bits per heavy atom. The molecule has 276 valence electrons. The molecule has 11 nitrogen and oxygen atoms in total. The van der Waals surface area contributed by atoms with Gasteiger partial charge in [0.15, 0.2) is 0 Å². The number of likely N-dealkylation sites (N-methyl/N-ethyl adjacent to an activating group) is 1. The number of carbonyl (C=O) groups excluding carboxylic acids is 2. The summed E-state index contributed by atoms with van der Waals surface area (Å²) < 4.78 is 12.8. The Morgan fingerprint density at radius 3 is 2.48 bits per heavy atom. The first-order valence-electron chi connectivity index (χ1n) is 17.9. The zero-order valence-electron chi connectivity index (χ0n) is 30.4. The fourth-order valence-corrected chi connectivity index (χ4v) is 6.52. The van der Waals surface area contributed by atoms with E-state index in [4.69, 9.17) is 9.47 Å². The van der Waals surface area contributed by atoms with E-state index in [-0.39, 0.29) is 36.2 Å². The monoisotopic (exact) mass is 710 g/mol. The molecule has 1 aliphatic heterocycles. The number of aromatic carboxylic acids is 1. The van der Waals surface area contributed by atoms with Crippen molar-refractivity contribution in [3.05, 3.63) is 102 Å². The molecule has 4 N–H and O–H groups in total. The van der Waals surface area contributed by atoms with Gasteiger partial charge in [-0.3, -0.25) is 9.69 Å². The van der Waals surface area contributed by atoms with Crippen LogP contribution < -0.4 is 15.4 Å². The number of carbonyl (C=O) groups is 3. The molecule has 5 rings (SSSR count). The van der Waals surface area contributed by atoms with Gasteiger partial charge in [0, 0.05) is 43.2 Å². The fourth-order valence-electron chi connectivity index (χ4n) is 6.52. The number of carboxylic acid groups (broad SMARTS) is 1. The Morgan fingerprint density at radius 1 is 0.981 bits per heavy atom. The van der Waals surface area contributed by atoms with E-state index in [1.807, 2.05) is 75.5 Å². The topological polar surface area (TPSA) is 141 Å². The molecule has 0 aliphatic carbocycles. The largest absolute Gasteiger partial charge is 0.490 e. The number of urea groups is 1. The molecule has 0 spiro atoms. The number of hydrogen-bond acceptors (Lipinski definition) is 7. The summed E-state index contributed by atoms with van der Waals surface area (Å²) in [4.78, 5) is 42.8. The molecule has 52 heavy (non-hydrogen) atoms. The number of hydrogen-bond donors (Lipinski definition) is 4. The van der Waals surface area contributed by atoms with E-state index < -0.39 is 18.0 Å². The number of fused-ring (bicyclic) bond motifs is 2. The SMILES string of the molecule is C[C@@H]1CN([C@H](C)CO)C(=O)c2cc(NC(=O)Nc3cccc4ccccc34)ccc2O[C@@H](C)CCCCO[C@@H]1CN(C)Cc1ccc(C(=O)O)cc1. The Hall–Kier alpha value is -4.97. The maximum absolute atomic E-state index is 14.5. The molecule has 4 atom stereocenters. The standard InChI is InChI=1S/C41H50N4O7/c1-27-23-45(28(2)26-46)39(47)35-22-33(42-41(50)43-36-14-9-12-31-11-5-6-13-34(31)36)19-20-37(35)52-29(3)10-7-8-21-51-38(27)25-44(4)24-30-15-17-32(18-16-30)40(48)49/h5-6,9,11-20,22,27-29,38,46H,7-8,10,21,23-26H2,1-4H3,(H,48,49)(H2,42,43,50)/t27-,28-,29+,38-/m1/s1. The summed E-state index contributed by atoms with van der Waals surface area (Å²) in [6.45, 7) is 7.61. The highest BCUT2D eigenvalue weighted by atomic mass is 16.5. The first-order valence-corrected chi connectivity index (χ1v) is 17.9. The van der Waals surface area contributed by atoms with Crippen molar-refractivity contribution in [3.63, 3.8) is 0 Å². The van der Waals surface area contributed by atoms with Crippen LogP contribution in [0.1, 0.15) is 66.3 Å². The Kier molecular flexibility index (Phi) is 13.2. The average Bonchev–Trinajstić information content (AvgIpc) is 3.13. The first kappa shape index (κ1) is 38.3. The van der Waals surface area contributed by atoms with Gasteiger partial charge in [0.05, 0.1) is 41.7 Å². The minimum atomic E-state index is -0.962. The predicted octanol–water partition coefficient (Wildman–Crippen LogP) is 7.11. The molecule has 3 amide bonds. The second-order valence-corrected chi connectivity index (χ2v) is 13.8. The number of amides is 3. The molecule has 0 saturated carbocycles. The maximum Gasteiger partial charge on any atom is 0.335 e. The third-order valence-corrected chi connectivity index (χ3v) is 9.49. The minimum Gasteiger partial charge on any atom is -0.490 e. The Bertz CT molecular complexity index is 1830. The van der Waals surface area contributed by atoms with E-state index in [9.17, 15) is 24.6 Å². The average molecular weight is 711 g/mol. The lowest BCUT2D eigenvalue weighted by molar-refractivity contribution is -0.0177. The number of aliphatic hydroxyl groups excluding tert-OH is 1. The zero-order chi connectivity index (χ0) is 37.2. The molecule has 0 bridgehead atoms. The van der Waals surface area contributed by atoms with Crippen molar-refractivity contribution in [3.8, 4) is 5.75 Å². The summed E-state index contributed by atoms with van der Waals surface area (Å²) in [6, 6.07) is 24.5. The smallest absolute Gasteiger partial charge is 0.335 e. The van der Waals surface area contributed by atoms with Crippen LogP contribution in [-0.4, -0.2) is 89.5 Å². The zero-order valence-corrected chi connectivity index (χ0v) is 30.4. The summed E-state index contributed by atoms with van der Waals surface area (Å²) in [7, 11) is 1.99. The number of nitrogens with zero attached hydrogens (tertiary/aromatic N) is 2. The molecular formula is C41H50N4O7. The normalized spacial score (nSPS) is 19.3. The highest BCUT2D eigenvalue weighted by molar-refractivity contribution is 6.07. The van der Waals surface area contributed by atoms with Crippen molar-refractivity contribution in [1.29, 1.82) is 0 Å². The van der Waals surface area contributed by atoms with E-state index in [1.54, 1.807) is 42.2 Å². The van der Waals surface area contributed by atoms with Crippen molar-refractivity contribution in [2.45, 2.75) is 64.8 Å². The molecule has 0 saturated heterocycles.